The largest absolute Gasteiger partial charge is 0.507 e. The highest BCUT2D eigenvalue weighted by molar-refractivity contribution is 5.62. The fraction of sp³-hybridized carbons (Fsp3) is 0.567. The average Bonchev–Trinajstić information content (AvgIpc) is 0.743. The summed E-state index contributed by atoms with van der Waals surface area (Å²) in [6, 6.07) is 25.7. The Balaban J connectivity index is 2.00. The summed E-state index contributed by atoms with van der Waals surface area (Å²) in [6.45, 7) is 76.7. The van der Waals surface area contributed by atoms with Gasteiger partial charge in [-0.2, -0.15) is 0 Å². The highest BCUT2D eigenvalue weighted by Crippen LogP contribution is 2.53. The Morgan fingerprint density at radius 3 is 0.323 bits per heavy atom. The normalized spacial score (nSPS) is 14.0. The van der Waals surface area contributed by atoms with Gasteiger partial charge in [0.25, 0.3) is 0 Å². The number of phenols is 6. The van der Waals surface area contributed by atoms with Gasteiger partial charge in [-0.25, -0.2) is 15.0 Å². The molecule has 0 atom stereocenters. The van der Waals surface area contributed by atoms with Gasteiger partial charge in [-0.15, -0.1) is 0 Å². The predicted molar refractivity (Wildman–Crippen MR) is 416 cm³/mol. The van der Waals surface area contributed by atoms with Gasteiger partial charge in [0.1, 0.15) is 52.0 Å². The van der Waals surface area contributed by atoms with Crippen molar-refractivity contribution in [3.63, 3.8) is 0 Å². The smallest absolute Gasteiger partial charge is 0.144 e. The lowest BCUT2D eigenvalue weighted by Gasteiger charge is -2.34. The number of aromatic hydroxyl groups is 6. The molecule has 0 amide bonds. The van der Waals surface area contributed by atoms with Crippen LogP contribution in [0.25, 0.3) is 0 Å². The van der Waals surface area contributed by atoms with Gasteiger partial charge in [0.15, 0.2) is 0 Å². The number of benzene rings is 6. The summed E-state index contributed by atoms with van der Waals surface area (Å²) >= 11 is 0. The lowest BCUT2D eigenvalue weighted by molar-refractivity contribution is 0.420. The first kappa shape index (κ1) is 79.5. The average molecular weight is 1350 g/mol. The van der Waals surface area contributed by atoms with E-state index in [1.807, 2.05) is 0 Å². The summed E-state index contributed by atoms with van der Waals surface area (Å²) in [6.07, 6.45) is 0. The number of hydrogen-bond acceptors (Lipinski definition) is 9. The first-order valence-electron chi connectivity index (χ1n) is 36.2. The van der Waals surface area contributed by atoms with Crippen LogP contribution in [0.15, 0.2) is 72.8 Å². The summed E-state index contributed by atoms with van der Waals surface area (Å²) in [5.74, 6) is 0.173. The van der Waals surface area contributed by atoms with Gasteiger partial charge in [-0.1, -0.05) is 322 Å². The number of hydrogen-bond donors (Lipinski definition) is 6. The van der Waals surface area contributed by atoms with E-state index in [4.69, 9.17) is 15.0 Å². The van der Waals surface area contributed by atoms with Gasteiger partial charge in [0.05, 0.1) is 17.8 Å². The molecule has 9 nitrogen and oxygen atoms in total. The van der Waals surface area contributed by atoms with Crippen molar-refractivity contribution in [3.8, 4) is 34.5 Å². The maximum atomic E-state index is 12.8. The zero-order valence-electron chi connectivity index (χ0n) is 68.2. The van der Waals surface area contributed by atoms with Crippen LogP contribution in [0.2, 0.25) is 0 Å². The van der Waals surface area contributed by atoms with Crippen molar-refractivity contribution < 1.29 is 30.6 Å². The zero-order valence-corrected chi connectivity index (χ0v) is 68.2. The number of phenolic OH excluding ortho intramolecular Hbond substituents is 6. The minimum absolute atomic E-state index is 0.229. The maximum absolute atomic E-state index is 12.8. The summed E-state index contributed by atoms with van der Waals surface area (Å²) in [7, 11) is 0. The molecule has 7 rings (SSSR count). The van der Waals surface area contributed by atoms with E-state index in [1.165, 1.54) is 0 Å². The van der Waals surface area contributed by atoms with Crippen LogP contribution in [0.4, 0.5) is 0 Å². The molecule has 540 valence electrons. The summed E-state index contributed by atoms with van der Waals surface area (Å²) in [4.78, 5) is 18.4. The number of nitrogens with zero attached hydrogens (tertiary/aromatic N) is 3. The molecule has 0 aliphatic rings. The monoisotopic (exact) mass is 1350 g/mol. The molecule has 0 aliphatic heterocycles. The molecule has 1 heterocycles. The first-order chi connectivity index (χ1) is 44.2. The molecular formula is C90H129N3O6. The second kappa shape index (κ2) is 25.6. The van der Waals surface area contributed by atoms with Crippen molar-refractivity contribution in [2.75, 3.05) is 0 Å². The van der Waals surface area contributed by atoms with E-state index >= 15 is 0 Å². The molecule has 0 unspecified atom stereocenters. The van der Waals surface area contributed by atoms with E-state index in [1.54, 1.807) is 0 Å². The van der Waals surface area contributed by atoms with Crippen LogP contribution in [-0.4, -0.2) is 45.6 Å². The molecule has 0 fully saturated rings. The molecule has 0 saturated carbocycles. The van der Waals surface area contributed by atoms with Crippen molar-refractivity contribution in [1.82, 2.24) is 15.0 Å². The Kier molecular flexibility index (Phi) is 20.5. The van der Waals surface area contributed by atoms with Crippen molar-refractivity contribution >= 4 is 0 Å². The fourth-order valence-corrected chi connectivity index (χ4v) is 14.1. The second-order valence-corrected chi connectivity index (χ2v) is 41.5. The standard InChI is InChI=1S/C90H129N3O6/c1-79(2,3)55-37-49(38-56(70(55)94)80(4,5)6)67(50-39-57(81(7,8)9)71(95)58(40-50)82(10,11)12)76-91-77(68(51-41-59(83(13,14)15)72(96)60(42-51)84(16,17)18)52-43-61(85(19,20)21)73(97)62(44-52)86(22,23)24)93-78(92-76)69(53-45-63(87(25,26)27)74(98)64(46-53)88(28,29)30)54-47-65(89(31,32)33)75(99)66(48-54)90(34,35)36/h37-48,67-69,94-99H,1-36H3. The zero-order chi connectivity index (χ0) is 75.9. The van der Waals surface area contributed by atoms with Crippen LogP contribution in [-0.2, 0) is 65.0 Å². The molecule has 1 aromatic heterocycles. The van der Waals surface area contributed by atoms with Crippen LogP contribution >= 0.6 is 0 Å². The maximum Gasteiger partial charge on any atom is 0.144 e. The van der Waals surface area contributed by atoms with E-state index in [0.29, 0.717) is 17.5 Å². The van der Waals surface area contributed by atoms with E-state index in [2.05, 4.69) is 322 Å². The van der Waals surface area contributed by atoms with Gasteiger partial charge in [0, 0.05) is 0 Å². The Bertz CT molecular complexity index is 3310. The molecule has 7 aromatic rings. The van der Waals surface area contributed by atoms with E-state index in [9.17, 15) is 30.6 Å². The van der Waals surface area contributed by atoms with Crippen LogP contribution in [0.1, 0.15) is 385 Å². The number of aromatic nitrogens is 3. The van der Waals surface area contributed by atoms with Crippen LogP contribution in [0.3, 0.4) is 0 Å². The van der Waals surface area contributed by atoms with Crippen molar-refractivity contribution in [1.29, 1.82) is 0 Å². The fourth-order valence-electron chi connectivity index (χ4n) is 14.1. The third-order valence-corrected chi connectivity index (χ3v) is 20.0. The van der Waals surface area contributed by atoms with Crippen molar-refractivity contribution in [2.45, 2.75) is 332 Å². The summed E-state index contributed by atoms with van der Waals surface area (Å²) < 4.78 is 0. The van der Waals surface area contributed by atoms with Gasteiger partial charge in [-0.3, -0.25) is 0 Å². The first-order valence-corrected chi connectivity index (χ1v) is 36.2. The van der Waals surface area contributed by atoms with Gasteiger partial charge >= 0.3 is 0 Å². The minimum atomic E-state index is -0.812. The van der Waals surface area contributed by atoms with Gasteiger partial charge in [-0.05, 0) is 165 Å². The minimum Gasteiger partial charge on any atom is -0.507 e. The molecule has 99 heavy (non-hydrogen) atoms. The summed E-state index contributed by atoms with van der Waals surface area (Å²) in [5.41, 5.74) is 7.48. The molecule has 0 saturated heterocycles. The van der Waals surface area contributed by atoms with Crippen LogP contribution in [0, 0.1) is 0 Å². The lowest BCUT2D eigenvalue weighted by atomic mass is 9.73. The van der Waals surface area contributed by atoms with E-state index in [-0.39, 0.29) is 34.5 Å². The molecule has 6 N–H and O–H groups in total. The van der Waals surface area contributed by atoms with Crippen LogP contribution < -0.4 is 0 Å². The molecular weight excluding hydrogens is 1220 g/mol. The Labute approximate surface area is 599 Å². The Morgan fingerprint density at radius 2 is 0.253 bits per heavy atom. The highest BCUT2D eigenvalue weighted by Gasteiger charge is 2.41. The van der Waals surface area contributed by atoms with E-state index < -0.39 is 82.7 Å². The third-order valence-electron chi connectivity index (χ3n) is 20.0. The molecule has 6 aromatic carbocycles. The molecule has 0 bridgehead atoms. The molecule has 0 radical (unpaired) electrons. The quantitative estimate of drug-likeness (QED) is 0.0827. The topological polar surface area (TPSA) is 160 Å². The predicted octanol–water partition coefficient (Wildman–Crippen LogP) is 23.2. The Hall–Kier alpha value is -6.87. The van der Waals surface area contributed by atoms with Crippen molar-refractivity contribution in [3.05, 3.63) is 190 Å². The van der Waals surface area contributed by atoms with Gasteiger partial charge < -0.3 is 30.6 Å². The summed E-state index contributed by atoms with van der Waals surface area (Å²) in [5, 5.41) is 76.5. The molecule has 0 spiro atoms. The van der Waals surface area contributed by atoms with Crippen molar-refractivity contribution in [2.24, 2.45) is 0 Å². The lowest BCUT2D eigenvalue weighted by Crippen LogP contribution is -2.25. The SMILES string of the molecule is CC(C)(C)c1cc(C(c2cc(C(C)(C)C)c(O)c(C(C)(C)C)c2)c2nc(C(c3cc(C(C)(C)C)c(O)c(C(C)(C)C)c3)c3cc(C(C)(C)C)c(O)c(C(C)(C)C)c3)nc(C(c3cc(C(C)(C)C)c(O)c(C(C)(C)C)c3)c3cc(C(C)(C)C)c(O)c(C(C)(C)C)c3)n2)cc(C(C)(C)C)c1O. The third kappa shape index (κ3) is 16.6. The molecule has 9 heteroatoms. The molecule has 0 aliphatic carbocycles. The van der Waals surface area contributed by atoms with Gasteiger partial charge in [0.2, 0.25) is 0 Å². The van der Waals surface area contributed by atoms with E-state index in [0.717, 1.165) is 100 Å². The Morgan fingerprint density at radius 1 is 0.172 bits per heavy atom. The second-order valence-electron chi connectivity index (χ2n) is 41.5. The number of rotatable bonds is 9. The van der Waals surface area contributed by atoms with Crippen LogP contribution in [0.5, 0.6) is 34.5 Å². The highest BCUT2D eigenvalue weighted by atomic mass is 16.3.